The Morgan fingerprint density at radius 3 is 2.50 bits per heavy atom. The SMILES string of the molecule is COc1cccc(NC(=O)[C@@H](C)OC(=O)COc2ccc(C)c(C)c2)c1. The lowest BCUT2D eigenvalue weighted by atomic mass is 10.1. The topological polar surface area (TPSA) is 73.9 Å². The van der Waals surface area contributed by atoms with Crippen LogP contribution in [0.15, 0.2) is 42.5 Å². The highest BCUT2D eigenvalue weighted by atomic mass is 16.6. The van der Waals surface area contributed by atoms with E-state index in [2.05, 4.69) is 5.32 Å². The molecule has 0 fully saturated rings. The number of hydrogen-bond donors (Lipinski definition) is 1. The number of benzene rings is 2. The largest absolute Gasteiger partial charge is 0.497 e. The maximum Gasteiger partial charge on any atom is 0.344 e. The van der Waals surface area contributed by atoms with Gasteiger partial charge in [-0.3, -0.25) is 4.79 Å². The number of carbonyl (C=O) groups is 2. The first-order valence-electron chi connectivity index (χ1n) is 8.23. The van der Waals surface area contributed by atoms with Gasteiger partial charge in [0.05, 0.1) is 7.11 Å². The number of amides is 1. The molecule has 1 amide bonds. The number of aryl methyl sites for hydroxylation is 2. The molecule has 0 spiro atoms. The van der Waals surface area contributed by atoms with Crippen LogP contribution in [0.2, 0.25) is 0 Å². The molecule has 6 nitrogen and oxygen atoms in total. The molecule has 0 aliphatic rings. The predicted molar refractivity (Wildman–Crippen MR) is 98.6 cm³/mol. The Bertz CT molecular complexity index is 788. The molecule has 0 aliphatic carbocycles. The lowest BCUT2D eigenvalue weighted by Gasteiger charge is -2.14. The van der Waals surface area contributed by atoms with Gasteiger partial charge in [-0.25, -0.2) is 4.79 Å². The minimum absolute atomic E-state index is 0.265. The molecule has 0 saturated carbocycles. The van der Waals surface area contributed by atoms with Gasteiger partial charge >= 0.3 is 5.97 Å². The zero-order valence-electron chi connectivity index (χ0n) is 15.4. The summed E-state index contributed by atoms with van der Waals surface area (Å²) < 4.78 is 15.6. The van der Waals surface area contributed by atoms with Crippen LogP contribution in [-0.4, -0.2) is 31.7 Å². The van der Waals surface area contributed by atoms with Crippen LogP contribution in [0.1, 0.15) is 18.1 Å². The average Bonchev–Trinajstić information content (AvgIpc) is 2.62. The molecule has 6 heteroatoms. The Balaban J connectivity index is 1.83. The van der Waals surface area contributed by atoms with Gasteiger partial charge < -0.3 is 19.5 Å². The molecule has 2 aromatic carbocycles. The predicted octanol–water partition coefficient (Wildman–Crippen LogP) is 3.26. The molecular weight excluding hydrogens is 334 g/mol. The molecule has 1 atom stereocenters. The average molecular weight is 357 g/mol. The number of rotatable bonds is 7. The van der Waals surface area contributed by atoms with Crippen molar-refractivity contribution in [2.24, 2.45) is 0 Å². The summed E-state index contributed by atoms with van der Waals surface area (Å²) in [5, 5.41) is 2.67. The van der Waals surface area contributed by atoms with Crippen molar-refractivity contribution in [1.29, 1.82) is 0 Å². The first-order chi connectivity index (χ1) is 12.4. The van der Waals surface area contributed by atoms with E-state index in [0.29, 0.717) is 17.2 Å². The lowest BCUT2D eigenvalue weighted by Crippen LogP contribution is -2.31. The van der Waals surface area contributed by atoms with Crippen LogP contribution in [0.25, 0.3) is 0 Å². The number of esters is 1. The van der Waals surface area contributed by atoms with E-state index in [1.807, 2.05) is 26.0 Å². The second-order valence-electron chi connectivity index (χ2n) is 5.89. The number of methoxy groups -OCH3 is 1. The molecule has 0 aromatic heterocycles. The van der Waals surface area contributed by atoms with E-state index in [9.17, 15) is 9.59 Å². The van der Waals surface area contributed by atoms with Crippen LogP contribution in [0.5, 0.6) is 11.5 Å². The summed E-state index contributed by atoms with van der Waals surface area (Å²) in [6.45, 7) is 5.20. The van der Waals surface area contributed by atoms with Gasteiger partial charge in [0.1, 0.15) is 11.5 Å². The van der Waals surface area contributed by atoms with E-state index >= 15 is 0 Å². The Kier molecular flexibility index (Phi) is 6.60. The zero-order chi connectivity index (χ0) is 19.1. The molecule has 0 bridgehead atoms. The Hall–Kier alpha value is -3.02. The molecule has 0 unspecified atom stereocenters. The zero-order valence-corrected chi connectivity index (χ0v) is 15.4. The number of nitrogens with one attached hydrogen (secondary N) is 1. The fourth-order valence-corrected chi connectivity index (χ4v) is 2.18. The summed E-state index contributed by atoms with van der Waals surface area (Å²) >= 11 is 0. The number of ether oxygens (including phenoxy) is 3. The van der Waals surface area contributed by atoms with Crippen molar-refractivity contribution in [3.63, 3.8) is 0 Å². The first kappa shape index (κ1) is 19.3. The van der Waals surface area contributed by atoms with Crippen molar-refractivity contribution in [2.75, 3.05) is 19.0 Å². The highest BCUT2D eigenvalue weighted by molar-refractivity contribution is 5.95. The normalized spacial score (nSPS) is 11.4. The maximum absolute atomic E-state index is 12.1. The van der Waals surface area contributed by atoms with Crippen molar-refractivity contribution in [1.82, 2.24) is 0 Å². The Morgan fingerprint density at radius 1 is 1.04 bits per heavy atom. The van der Waals surface area contributed by atoms with Gasteiger partial charge in [-0.2, -0.15) is 0 Å². The summed E-state index contributed by atoms with van der Waals surface area (Å²) in [7, 11) is 1.54. The van der Waals surface area contributed by atoms with E-state index in [0.717, 1.165) is 11.1 Å². The summed E-state index contributed by atoms with van der Waals surface area (Å²) in [4.78, 5) is 24.0. The van der Waals surface area contributed by atoms with E-state index in [-0.39, 0.29) is 6.61 Å². The second kappa shape index (κ2) is 8.89. The molecule has 2 aromatic rings. The van der Waals surface area contributed by atoms with Gasteiger partial charge in [0.25, 0.3) is 5.91 Å². The maximum atomic E-state index is 12.1. The van der Waals surface area contributed by atoms with Crippen molar-refractivity contribution >= 4 is 17.6 Å². The van der Waals surface area contributed by atoms with E-state index < -0.39 is 18.0 Å². The monoisotopic (exact) mass is 357 g/mol. The molecule has 0 radical (unpaired) electrons. The third kappa shape index (κ3) is 5.51. The molecule has 0 aliphatic heterocycles. The van der Waals surface area contributed by atoms with Crippen LogP contribution in [0, 0.1) is 13.8 Å². The van der Waals surface area contributed by atoms with Crippen LogP contribution in [0.4, 0.5) is 5.69 Å². The van der Waals surface area contributed by atoms with Crippen molar-refractivity contribution < 1.29 is 23.8 Å². The van der Waals surface area contributed by atoms with Crippen molar-refractivity contribution in [2.45, 2.75) is 26.9 Å². The van der Waals surface area contributed by atoms with Crippen molar-refractivity contribution in [3.05, 3.63) is 53.6 Å². The van der Waals surface area contributed by atoms with Gasteiger partial charge in [0.2, 0.25) is 0 Å². The molecule has 0 saturated heterocycles. The molecule has 0 heterocycles. The summed E-state index contributed by atoms with van der Waals surface area (Å²) in [6, 6.07) is 12.5. The van der Waals surface area contributed by atoms with Crippen LogP contribution in [-0.2, 0) is 14.3 Å². The fourth-order valence-electron chi connectivity index (χ4n) is 2.18. The highest BCUT2D eigenvalue weighted by Gasteiger charge is 2.18. The van der Waals surface area contributed by atoms with Crippen LogP contribution < -0.4 is 14.8 Å². The van der Waals surface area contributed by atoms with Crippen LogP contribution >= 0.6 is 0 Å². The Labute approximate surface area is 153 Å². The minimum atomic E-state index is -0.947. The smallest absolute Gasteiger partial charge is 0.344 e. The van der Waals surface area contributed by atoms with E-state index in [1.54, 1.807) is 37.4 Å². The van der Waals surface area contributed by atoms with Crippen molar-refractivity contribution in [3.8, 4) is 11.5 Å². The summed E-state index contributed by atoms with van der Waals surface area (Å²) in [5.41, 5.74) is 2.77. The van der Waals surface area contributed by atoms with E-state index in [4.69, 9.17) is 14.2 Å². The third-order valence-electron chi connectivity index (χ3n) is 3.85. The second-order valence-corrected chi connectivity index (χ2v) is 5.89. The first-order valence-corrected chi connectivity index (χ1v) is 8.23. The third-order valence-corrected chi connectivity index (χ3v) is 3.85. The molecule has 2 rings (SSSR count). The van der Waals surface area contributed by atoms with Gasteiger partial charge in [-0.15, -0.1) is 0 Å². The van der Waals surface area contributed by atoms with Crippen LogP contribution in [0.3, 0.4) is 0 Å². The Morgan fingerprint density at radius 2 is 1.81 bits per heavy atom. The fraction of sp³-hybridized carbons (Fsp3) is 0.300. The van der Waals surface area contributed by atoms with E-state index in [1.165, 1.54) is 6.92 Å². The quantitative estimate of drug-likeness (QED) is 0.770. The molecular formula is C20H23NO5. The lowest BCUT2D eigenvalue weighted by molar-refractivity contribution is -0.155. The summed E-state index contributed by atoms with van der Waals surface area (Å²) in [6.07, 6.45) is -0.947. The molecule has 138 valence electrons. The van der Waals surface area contributed by atoms with Gasteiger partial charge in [0.15, 0.2) is 12.7 Å². The van der Waals surface area contributed by atoms with Gasteiger partial charge in [0, 0.05) is 11.8 Å². The van der Waals surface area contributed by atoms with Gasteiger partial charge in [-0.05, 0) is 56.2 Å². The number of hydrogen-bond acceptors (Lipinski definition) is 5. The molecule has 1 N–H and O–H groups in total. The highest BCUT2D eigenvalue weighted by Crippen LogP contribution is 2.18. The van der Waals surface area contributed by atoms with Gasteiger partial charge in [-0.1, -0.05) is 12.1 Å². The summed E-state index contributed by atoms with van der Waals surface area (Å²) in [5.74, 6) is 0.155. The molecule has 26 heavy (non-hydrogen) atoms. The standard InChI is InChI=1S/C20H23NO5/c1-13-8-9-18(10-14(13)2)25-12-19(22)26-15(3)20(23)21-16-6-5-7-17(11-16)24-4/h5-11,15H,12H2,1-4H3,(H,21,23)/t15-/m1/s1. The number of carbonyl (C=O) groups excluding carboxylic acids is 2. The number of anilines is 1. The minimum Gasteiger partial charge on any atom is -0.497 e.